The number of fused-ring (bicyclic) bond motifs is 6. The standard InChI is InChI=1S/C30H29NO6/c1-30(2)13-12-19-22(37-30)11-10-20-28(31-35-16-18-8-6-5-7-9-18)27-21-14-24(32-3)25(33-4)15-23(21)34-17-26(27)36-29(19)20/h5-15,26-27H,16-17H2,1-4H3/t26-,27-/m1/s1. The number of rotatable bonds is 5. The van der Waals surface area contributed by atoms with Crippen molar-refractivity contribution >= 4 is 11.8 Å². The van der Waals surface area contributed by atoms with Gasteiger partial charge >= 0.3 is 0 Å². The Morgan fingerprint density at radius 2 is 1.76 bits per heavy atom. The Bertz CT molecular complexity index is 1390. The average Bonchev–Trinajstić information content (AvgIpc) is 2.91. The van der Waals surface area contributed by atoms with E-state index in [0.29, 0.717) is 30.5 Å². The minimum absolute atomic E-state index is 0.227. The number of benzene rings is 3. The topological polar surface area (TPSA) is 67.7 Å². The molecule has 37 heavy (non-hydrogen) atoms. The first-order chi connectivity index (χ1) is 18.0. The quantitative estimate of drug-likeness (QED) is 0.417. The van der Waals surface area contributed by atoms with E-state index in [4.69, 9.17) is 33.7 Å². The Balaban J connectivity index is 1.47. The van der Waals surface area contributed by atoms with Crippen LogP contribution < -0.4 is 23.7 Å². The Hall–Kier alpha value is -4.13. The van der Waals surface area contributed by atoms with Gasteiger partial charge in [0.1, 0.15) is 47.9 Å². The molecule has 6 rings (SSSR count). The number of ether oxygens (including phenoxy) is 5. The molecule has 2 atom stereocenters. The fourth-order valence-corrected chi connectivity index (χ4v) is 5.07. The maximum absolute atomic E-state index is 6.62. The van der Waals surface area contributed by atoms with E-state index >= 15 is 0 Å². The van der Waals surface area contributed by atoms with Crippen LogP contribution in [0.25, 0.3) is 6.08 Å². The molecule has 3 heterocycles. The van der Waals surface area contributed by atoms with Crippen LogP contribution >= 0.6 is 0 Å². The lowest BCUT2D eigenvalue weighted by molar-refractivity contribution is 0.0897. The Kier molecular flexibility index (Phi) is 5.71. The highest BCUT2D eigenvalue weighted by atomic mass is 16.6. The molecular formula is C30H29NO6. The molecule has 0 spiro atoms. The molecule has 0 saturated heterocycles. The highest BCUT2D eigenvalue weighted by Gasteiger charge is 2.44. The molecule has 3 aromatic carbocycles. The second-order valence-electron chi connectivity index (χ2n) is 9.82. The summed E-state index contributed by atoms with van der Waals surface area (Å²) < 4.78 is 30.1. The van der Waals surface area contributed by atoms with E-state index in [0.717, 1.165) is 39.5 Å². The molecule has 0 N–H and O–H groups in total. The van der Waals surface area contributed by atoms with Gasteiger partial charge in [-0.25, -0.2) is 0 Å². The van der Waals surface area contributed by atoms with Crippen molar-refractivity contribution in [2.75, 3.05) is 20.8 Å². The van der Waals surface area contributed by atoms with E-state index < -0.39 is 5.60 Å². The molecule has 3 aromatic rings. The van der Waals surface area contributed by atoms with Gasteiger partial charge in [0.15, 0.2) is 11.5 Å². The van der Waals surface area contributed by atoms with Gasteiger partial charge in [-0.15, -0.1) is 0 Å². The number of hydrogen-bond acceptors (Lipinski definition) is 7. The summed E-state index contributed by atoms with van der Waals surface area (Å²) in [4.78, 5) is 5.95. The van der Waals surface area contributed by atoms with Crippen LogP contribution in [0.15, 0.2) is 65.8 Å². The van der Waals surface area contributed by atoms with Crippen LogP contribution in [0.2, 0.25) is 0 Å². The maximum atomic E-state index is 6.62. The summed E-state index contributed by atoms with van der Waals surface area (Å²) in [6.45, 7) is 4.76. The smallest absolute Gasteiger partial charge is 0.164 e. The van der Waals surface area contributed by atoms with Crippen molar-refractivity contribution in [3.05, 3.63) is 82.9 Å². The normalized spacial score (nSPS) is 21.2. The fourth-order valence-electron chi connectivity index (χ4n) is 5.07. The van der Waals surface area contributed by atoms with Crippen LogP contribution in [-0.4, -0.2) is 38.2 Å². The van der Waals surface area contributed by atoms with Gasteiger partial charge in [-0.3, -0.25) is 0 Å². The van der Waals surface area contributed by atoms with Gasteiger partial charge in [0, 0.05) is 17.2 Å². The summed E-state index contributed by atoms with van der Waals surface area (Å²) in [6.07, 6.45) is 3.79. The van der Waals surface area contributed by atoms with Gasteiger partial charge in [0.2, 0.25) is 0 Å². The van der Waals surface area contributed by atoms with E-state index in [1.807, 2.05) is 74.5 Å². The minimum atomic E-state index is -0.392. The van der Waals surface area contributed by atoms with E-state index in [9.17, 15) is 0 Å². The van der Waals surface area contributed by atoms with Crippen molar-refractivity contribution in [2.24, 2.45) is 5.16 Å². The molecule has 0 radical (unpaired) electrons. The lowest BCUT2D eigenvalue weighted by Gasteiger charge is -2.40. The zero-order valence-corrected chi connectivity index (χ0v) is 21.3. The lowest BCUT2D eigenvalue weighted by Crippen LogP contribution is -2.43. The van der Waals surface area contributed by atoms with E-state index in [2.05, 4.69) is 6.08 Å². The predicted octanol–water partition coefficient (Wildman–Crippen LogP) is 5.75. The zero-order chi connectivity index (χ0) is 25.6. The summed E-state index contributed by atoms with van der Waals surface area (Å²) in [5.41, 5.74) is 4.09. The first-order valence-electron chi connectivity index (χ1n) is 12.3. The number of hydrogen-bond donors (Lipinski definition) is 0. The Morgan fingerprint density at radius 3 is 2.54 bits per heavy atom. The molecule has 3 aliphatic rings. The van der Waals surface area contributed by atoms with Crippen molar-refractivity contribution in [1.82, 2.24) is 0 Å². The molecule has 7 heteroatoms. The molecule has 0 saturated carbocycles. The largest absolute Gasteiger partial charge is 0.493 e. The predicted molar refractivity (Wildman–Crippen MR) is 140 cm³/mol. The number of nitrogens with zero attached hydrogens (tertiary/aromatic N) is 1. The Labute approximate surface area is 216 Å². The molecule has 0 unspecified atom stereocenters. The van der Waals surface area contributed by atoms with Crippen LogP contribution in [0.1, 0.15) is 42.0 Å². The van der Waals surface area contributed by atoms with Crippen molar-refractivity contribution in [3.8, 4) is 28.7 Å². The van der Waals surface area contributed by atoms with Gasteiger partial charge in [0.05, 0.1) is 25.7 Å². The second-order valence-corrected chi connectivity index (χ2v) is 9.82. The zero-order valence-electron chi connectivity index (χ0n) is 21.3. The third-order valence-corrected chi connectivity index (χ3v) is 6.88. The summed E-state index contributed by atoms with van der Waals surface area (Å²) in [5.74, 6) is 3.21. The molecule has 0 aromatic heterocycles. The van der Waals surface area contributed by atoms with Gasteiger partial charge in [0.25, 0.3) is 0 Å². The molecule has 0 bridgehead atoms. The van der Waals surface area contributed by atoms with Crippen molar-refractivity contribution in [2.45, 2.75) is 38.1 Å². The third kappa shape index (κ3) is 4.14. The molecule has 0 fully saturated rings. The van der Waals surface area contributed by atoms with Crippen LogP contribution in [0.4, 0.5) is 0 Å². The summed E-state index contributed by atoms with van der Waals surface area (Å²) in [7, 11) is 3.23. The van der Waals surface area contributed by atoms with Crippen LogP contribution in [0.5, 0.6) is 28.7 Å². The number of methoxy groups -OCH3 is 2. The second kappa shape index (κ2) is 9.07. The van der Waals surface area contributed by atoms with Crippen molar-refractivity contribution in [1.29, 1.82) is 0 Å². The van der Waals surface area contributed by atoms with E-state index in [-0.39, 0.29) is 12.0 Å². The highest BCUT2D eigenvalue weighted by molar-refractivity contribution is 6.09. The van der Waals surface area contributed by atoms with E-state index in [1.54, 1.807) is 14.2 Å². The lowest BCUT2D eigenvalue weighted by atomic mass is 9.80. The SMILES string of the molecule is COc1cc2c(cc1OC)[C@H]1C(=NOCc3ccccc3)c3ccc4c(c3O[C@@H]1CO2)C=CC(C)(C)O4. The molecule has 7 nitrogen and oxygen atoms in total. The highest BCUT2D eigenvalue weighted by Crippen LogP contribution is 2.50. The maximum Gasteiger partial charge on any atom is 0.164 e. The molecule has 3 aliphatic heterocycles. The van der Waals surface area contributed by atoms with Gasteiger partial charge < -0.3 is 28.5 Å². The van der Waals surface area contributed by atoms with E-state index in [1.165, 1.54) is 0 Å². The first kappa shape index (κ1) is 23.3. The van der Waals surface area contributed by atoms with Gasteiger partial charge in [-0.1, -0.05) is 35.5 Å². The number of oxime groups is 1. The van der Waals surface area contributed by atoms with Crippen LogP contribution in [-0.2, 0) is 11.4 Å². The summed E-state index contributed by atoms with van der Waals surface area (Å²) >= 11 is 0. The van der Waals surface area contributed by atoms with Crippen LogP contribution in [0.3, 0.4) is 0 Å². The van der Waals surface area contributed by atoms with Gasteiger partial charge in [-0.2, -0.15) is 0 Å². The molecular weight excluding hydrogens is 470 g/mol. The molecule has 0 amide bonds. The fraction of sp³-hybridized carbons (Fsp3) is 0.300. The Morgan fingerprint density at radius 1 is 0.973 bits per heavy atom. The molecule has 0 aliphatic carbocycles. The third-order valence-electron chi connectivity index (χ3n) is 6.88. The van der Waals surface area contributed by atoms with Crippen molar-refractivity contribution < 1.29 is 28.5 Å². The monoisotopic (exact) mass is 499 g/mol. The first-order valence-corrected chi connectivity index (χ1v) is 12.3. The average molecular weight is 500 g/mol. The molecule has 190 valence electrons. The minimum Gasteiger partial charge on any atom is -0.493 e. The van der Waals surface area contributed by atoms with Crippen LogP contribution in [0, 0.1) is 0 Å². The summed E-state index contributed by atoms with van der Waals surface area (Å²) in [5, 5.41) is 4.72. The van der Waals surface area contributed by atoms with Gasteiger partial charge in [-0.05, 0) is 49.8 Å². The van der Waals surface area contributed by atoms with Crippen molar-refractivity contribution in [3.63, 3.8) is 0 Å². The summed E-state index contributed by atoms with van der Waals surface area (Å²) in [6, 6.07) is 17.8.